The van der Waals surface area contributed by atoms with E-state index < -0.39 is 16.8 Å². The van der Waals surface area contributed by atoms with Crippen LogP contribution in [0.3, 0.4) is 0 Å². The van der Waals surface area contributed by atoms with Crippen molar-refractivity contribution >= 4 is 32.9 Å². The monoisotopic (exact) mass is 456 g/mol. The second-order valence-electron chi connectivity index (χ2n) is 5.82. The molecule has 0 aliphatic heterocycles. The molecular weight excluding hydrogens is 437 g/mol. The summed E-state index contributed by atoms with van der Waals surface area (Å²) in [6.07, 6.45) is -5.42. The highest BCUT2D eigenvalue weighted by atomic mass is 35.5. The Morgan fingerprint density at radius 3 is 1.96 bits per heavy atom. The number of rotatable bonds is 4. The van der Waals surface area contributed by atoms with Crippen molar-refractivity contribution in [1.82, 2.24) is 0 Å². The second-order valence-corrected chi connectivity index (χ2v) is 9.37. The van der Waals surface area contributed by atoms with Gasteiger partial charge in [-0.3, -0.25) is 0 Å². The Hall–Kier alpha value is -1.26. The third kappa shape index (κ3) is 7.63. The first-order valence-electron chi connectivity index (χ1n) is 7.89. The van der Waals surface area contributed by atoms with Gasteiger partial charge < -0.3 is 4.55 Å². The van der Waals surface area contributed by atoms with E-state index in [4.69, 9.17) is 24.6 Å². The highest BCUT2D eigenvalue weighted by Crippen LogP contribution is 2.31. The predicted molar refractivity (Wildman–Crippen MR) is 103 cm³/mol. The van der Waals surface area contributed by atoms with E-state index in [2.05, 4.69) is 64.1 Å². The Morgan fingerprint density at radius 2 is 1.57 bits per heavy atom. The SMILES string of the molecule is Cc1cc([S+](CCl)c2ccccc2)c(C)c(C)c1C.O=S(=O)([O-])OC(F)(F)F. The van der Waals surface area contributed by atoms with Crippen molar-refractivity contribution in [2.24, 2.45) is 0 Å². The minimum atomic E-state index is -5.66. The first kappa shape index (κ1) is 24.8. The van der Waals surface area contributed by atoms with Gasteiger partial charge in [0.15, 0.2) is 15.0 Å². The maximum absolute atomic E-state index is 10.8. The molecule has 0 saturated carbocycles. The summed E-state index contributed by atoms with van der Waals surface area (Å²) in [4.78, 5) is 2.71. The molecule has 0 fully saturated rings. The van der Waals surface area contributed by atoms with E-state index >= 15 is 0 Å². The molecule has 0 saturated heterocycles. The summed E-state index contributed by atoms with van der Waals surface area (Å²) in [5, 5.41) is 0.646. The fourth-order valence-corrected chi connectivity index (χ4v) is 5.17. The van der Waals surface area contributed by atoms with Crippen LogP contribution < -0.4 is 0 Å². The third-order valence-electron chi connectivity index (χ3n) is 4.03. The smallest absolute Gasteiger partial charge is 0.536 e. The zero-order chi connectivity index (χ0) is 21.7. The second kappa shape index (κ2) is 9.98. The summed E-state index contributed by atoms with van der Waals surface area (Å²) in [7, 11) is -5.69. The quantitative estimate of drug-likeness (QED) is 0.276. The Balaban J connectivity index is 0.000000370. The highest BCUT2D eigenvalue weighted by molar-refractivity contribution is 7.98. The molecular formula is C18H20ClF3O4S2. The number of benzene rings is 2. The number of aryl methyl sites for hydroxylation is 1. The van der Waals surface area contributed by atoms with Crippen LogP contribution >= 0.6 is 11.6 Å². The molecule has 0 aliphatic rings. The van der Waals surface area contributed by atoms with Crippen LogP contribution in [0.25, 0.3) is 0 Å². The summed E-state index contributed by atoms with van der Waals surface area (Å²) >= 11 is 6.27. The van der Waals surface area contributed by atoms with Crippen LogP contribution in [-0.4, -0.2) is 24.5 Å². The molecule has 0 amide bonds. The molecule has 156 valence electrons. The van der Waals surface area contributed by atoms with Crippen LogP contribution in [0.5, 0.6) is 0 Å². The highest BCUT2D eigenvalue weighted by Gasteiger charge is 2.32. The maximum atomic E-state index is 10.8. The van der Waals surface area contributed by atoms with Crippen LogP contribution in [0.4, 0.5) is 13.2 Å². The van der Waals surface area contributed by atoms with Crippen molar-refractivity contribution in [3.8, 4) is 0 Å². The van der Waals surface area contributed by atoms with Crippen molar-refractivity contribution in [2.75, 3.05) is 5.21 Å². The number of alkyl halides is 4. The molecule has 2 aromatic carbocycles. The molecule has 0 radical (unpaired) electrons. The average molecular weight is 457 g/mol. The molecule has 4 nitrogen and oxygen atoms in total. The van der Waals surface area contributed by atoms with E-state index in [1.54, 1.807) is 0 Å². The Labute approximate surface area is 171 Å². The molecule has 0 aliphatic carbocycles. The van der Waals surface area contributed by atoms with Crippen LogP contribution in [0.1, 0.15) is 22.3 Å². The largest absolute Gasteiger partial charge is 0.725 e. The lowest BCUT2D eigenvalue weighted by Crippen LogP contribution is -2.18. The van der Waals surface area contributed by atoms with Gasteiger partial charge >= 0.3 is 6.36 Å². The summed E-state index contributed by atoms with van der Waals surface area (Å²) in [6, 6.07) is 12.9. The minimum Gasteiger partial charge on any atom is -0.725 e. The Kier molecular flexibility index (Phi) is 8.83. The van der Waals surface area contributed by atoms with Gasteiger partial charge in [0.05, 0.1) is 10.9 Å². The van der Waals surface area contributed by atoms with E-state index in [1.807, 2.05) is 4.18 Å². The lowest BCUT2D eigenvalue weighted by atomic mass is 10.00. The van der Waals surface area contributed by atoms with Gasteiger partial charge in [-0.15, -0.1) is 13.2 Å². The molecule has 1 atom stereocenters. The standard InChI is InChI=1S/C17H20ClS.CHF3O4S/c1-12-10-17(15(4)14(3)13(12)2)19(11-18)16-8-6-5-7-9-16;2-1(3,4)8-9(5,6)7/h5-10H,11H2,1-4H3;(H,5,6,7)/q+1;/p-1. The van der Waals surface area contributed by atoms with E-state index in [1.165, 1.54) is 32.0 Å². The first-order valence-corrected chi connectivity index (χ1v) is 11.2. The van der Waals surface area contributed by atoms with Crippen LogP contribution in [-0.2, 0) is 25.5 Å². The van der Waals surface area contributed by atoms with Crippen molar-refractivity contribution in [1.29, 1.82) is 0 Å². The van der Waals surface area contributed by atoms with Gasteiger partial charge in [0.25, 0.3) is 0 Å². The van der Waals surface area contributed by atoms with E-state index in [-0.39, 0.29) is 10.9 Å². The van der Waals surface area contributed by atoms with Crippen LogP contribution in [0.2, 0.25) is 0 Å². The predicted octanol–water partition coefficient (Wildman–Crippen LogP) is 5.14. The third-order valence-corrected chi connectivity index (χ3v) is 7.09. The van der Waals surface area contributed by atoms with Crippen molar-refractivity contribution < 1.29 is 30.3 Å². The van der Waals surface area contributed by atoms with E-state index in [0.29, 0.717) is 5.21 Å². The number of hydrogen-bond acceptors (Lipinski definition) is 4. The molecule has 2 aromatic rings. The molecule has 2 rings (SSSR count). The van der Waals surface area contributed by atoms with Gasteiger partial charge in [-0.05, 0) is 62.6 Å². The van der Waals surface area contributed by atoms with E-state index in [9.17, 15) is 13.2 Å². The fourth-order valence-electron chi connectivity index (χ4n) is 2.38. The van der Waals surface area contributed by atoms with Gasteiger partial charge in [-0.2, -0.15) is 4.18 Å². The van der Waals surface area contributed by atoms with Crippen molar-refractivity contribution in [3.05, 3.63) is 58.7 Å². The van der Waals surface area contributed by atoms with Crippen LogP contribution in [0.15, 0.2) is 46.2 Å². The lowest BCUT2D eigenvalue weighted by Gasteiger charge is -2.13. The molecule has 0 heterocycles. The topological polar surface area (TPSA) is 66.4 Å². The van der Waals surface area contributed by atoms with E-state index in [0.717, 1.165) is 0 Å². The molecule has 0 aromatic heterocycles. The average Bonchev–Trinajstić information content (AvgIpc) is 2.56. The first-order chi connectivity index (χ1) is 12.8. The molecule has 1 unspecified atom stereocenters. The summed E-state index contributed by atoms with van der Waals surface area (Å²) < 4.78 is 61.7. The normalized spacial score (nSPS) is 12.9. The zero-order valence-corrected chi connectivity index (χ0v) is 18.0. The van der Waals surface area contributed by atoms with Gasteiger partial charge in [0, 0.05) is 5.56 Å². The van der Waals surface area contributed by atoms with Crippen molar-refractivity contribution in [3.63, 3.8) is 0 Å². The van der Waals surface area contributed by atoms with Gasteiger partial charge in [0.1, 0.15) is 0 Å². The summed E-state index contributed by atoms with van der Waals surface area (Å²) in [5.74, 6) is 0. The molecule has 28 heavy (non-hydrogen) atoms. The summed E-state index contributed by atoms with van der Waals surface area (Å²) in [6.45, 7) is 8.81. The van der Waals surface area contributed by atoms with Gasteiger partial charge in [-0.1, -0.05) is 29.8 Å². The van der Waals surface area contributed by atoms with Gasteiger partial charge in [0.2, 0.25) is 10.4 Å². The zero-order valence-electron chi connectivity index (χ0n) is 15.6. The minimum absolute atomic E-state index is 0.0332. The number of hydrogen-bond donors (Lipinski definition) is 0. The molecule has 0 bridgehead atoms. The summed E-state index contributed by atoms with van der Waals surface area (Å²) in [5.41, 5.74) is 5.54. The maximum Gasteiger partial charge on any atom is 0.536 e. The lowest BCUT2D eigenvalue weighted by molar-refractivity contribution is -0.275. The fraction of sp³-hybridized carbons (Fsp3) is 0.333. The van der Waals surface area contributed by atoms with Gasteiger partial charge in [-0.25, -0.2) is 8.42 Å². The van der Waals surface area contributed by atoms with Crippen LogP contribution in [0, 0.1) is 27.7 Å². The molecule has 0 N–H and O–H groups in total. The number of halogens is 4. The molecule has 10 heteroatoms. The van der Waals surface area contributed by atoms with Crippen molar-refractivity contribution in [2.45, 2.75) is 43.8 Å². The Morgan fingerprint density at radius 1 is 1.04 bits per heavy atom. The molecule has 0 spiro atoms. The Bertz CT molecular complexity index is 901.